The number of hydrogen-bond acceptors (Lipinski definition) is 2. The van der Waals surface area contributed by atoms with Gasteiger partial charge in [-0.1, -0.05) is 35.9 Å². The lowest BCUT2D eigenvalue weighted by Gasteiger charge is -2.07. The molecular formula is C17H18ClFN2O. The van der Waals surface area contributed by atoms with E-state index < -0.39 is 0 Å². The molecule has 0 aromatic heterocycles. The van der Waals surface area contributed by atoms with Crippen LogP contribution in [-0.2, 0) is 11.2 Å². The average Bonchev–Trinajstić information content (AvgIpc) is 2.48. The number of hydrogen-bond donors (Lipinski definition) is 2. The van der Waals surface area contributed by atoms with E-state index in [1.54, 1.807) is 36.4 Å². The van der Waals surface area contributed by atoms with E-state index in [0.29, 0.717) is 42.2 Å². The molecule has 116 valence electrons. The van der Waals surface area contributed by atoms with Crippen LogP contribution < -0.4 is 10.6 Å². The molecule has 0 aliphatic heterocycles. The maximum Gasteiger partial charge on any atom is 0.225 e. The highest BCUT2D eigenvalue weighted by molar-refractivity contribution is 6.30. The van der Waals surface area contributed by atoms with Crippen LogP contribution in [0.25, 0.3) is 0 Å². The maximum atomic E-state index is 13.4. The molecule has 0 heterocycles. The van der Waals surface area contributed by atoms with Gasteiger partial charge in [-0.3, -0.25) is 4.79 Å². The lowest BCUT2D eigenvalue weighted by molar-refractivity contribution is -0.116. The summed E-state index contributed by atoms with van der Waals surface area (Å²) in [6.07, 6.45) is 0.951. The minimum atomic E-state index is -0.192. The van der Waals surface area contributed by atoms with Gasteiger partial charge in [0.1, 0.15) is 5.82 Å². The summed E-state index contributed by atoms with van der Waals surface area (Å²) in [4.78, 5) is 11.8. The van der Waals surface area contributed by atoms with Crippen molar-refractivity contribution in [3.05, 3.63) is 64.9 Å². The molecule has 3 nitrogen and oxygen atoms in total. The fourth-order valence-corrected chi connectivity index (χ4v) is 2.23. The summed E-state index contributed by atoms with van der Waals surface area (Å²) in [6.45, 7) is 1.17. The van der Waals surface area contributed by atoms with Gasteiger partial charge in [0.25, 0.3) is 0 Å². The predicted molar refractivity (Wildman–Crippen MR) is 87.7 cm³/mol. The Morgan fingerprint density at radius 3 is 2.68 bits per heavy atom. The summed E-state index contributed by atoms with van der Waals surface area (Å²) in [5.74, 6) is -0.274. The lowest BCUT2D eigenvalue weighted by atomic mass is 10.1. The number of nitrogens with one attached hydrogen (secondary N) is 2. The Kier molecular flexibility index (Phi) is 6.37. The van der Waals surface area contributed by atoms with Crippen molar-refractivity contribution in [2.24, 2.45) is 0 Å². The molecule has 0 unspecified atom stereocenters. The molecule has 2 aromatic rings. The topological polar surface area (TPSA) is 41.1 Å². The van der Waals surface area contributed by atoms with Crippen molar-refractivity contribution in [2.45, 2.75) is 12.8 Å². The fourth-order valence-electron chi connectivity index (χ4n) is 2.04. The zero-order valence-corrected chi connectivity index (χ0v) is 12.9. The first-order valence-electron chi connectivity index (χ1n) is 7.15. The number of amides is 1. The van der Waals surface area contributed by atoms with Crippen LogP contribution >= 0.6 is 11.6 Å². The normalized spacial score (nSPS) is 10.5. The number of rotatable bonds is 7. The van der Waals surface area contributed by atoms with Crippen molar-refractivity contribution >= 4 is 23.2 Å². The number of benzene rings is 2. The Morgan fingerprint density at radius 1 is 1.09 bits per heavy atom. The van der Waals surface area contributed by atoms with Gasteiger partial charge in [0.05, 0.1) is 0 Å². The highest BCUT2D eigenvalue weighted by Gasteiger charge is 2.03. The quantitative estimate of drug-likeness (QED) is 0.765. The van der Waals surface area contributed by atoms with Gasteiger partial charge >= 0.3 is 0 Å². The molecule has 0 atom stereocenters. The van der Waals surface area contributed by atoms with Crippen LogP contribution in [0.3, 0.4) is 0 Å². The first kappa shape index (κ1) is 16.5. The van der Waals surface area contributed by atoms with Crippen molar-refractivity contribution in [3.63, 3.8) is 0 Å². The monoisotopic (exact) mass is 320 g/mol. The second kappa shape index (κ2) is 8.51. The number of carbonyl (C=O) groups excluding carboxylic acids is 1. The highest BCUT2D eigenvalue weighted by atomic mass is 35.5. The van der Waals surface area contributed by atoms with Gasteiger partial charge in [0, 0.05) is 23.7 Å². The summed E-state index contributed by atoms with van der Waals surface area (Å²) in [5, 5.41) is 6.50. The van der Waals surface area contributed by atoms with Gasteiger partial charge in [-0.15, -0.1) is 0 Å². The van der Waals surface area contributed by atoms with E-state index in [-0.39, 0.29) is 11.7 Å². The van der Waals surface area contributed by atoms with E-state index in [4.69, 9.17) is 11.6 Å². The maximum absolute atomic E-state index is 13.4. The molecule has 0 radical (unpaired) electrons. The third-order valence-corrected chi connectivity index (χ3v) is 3.40. The molecule has 2 N–H and O–H groups in total. The van der Waals surface area contributed by atoms with E-state index in [2.05, 4.69) is 10.6 Å². The van der Waals surface area contributed by atoms with Gasteiger partial charge in [-0.25, -0.2) is 4.39 Å². The first-order valence-corrected chi connectivity index (χ1v) is 7.52. The molecule has 0 aliphatic rings. The molecular weight excluding hydrogens is 303 g/mol. The van der Waals surface area contributed by atoms with Gasteiger partial charge in [-0.2, -0.15) is 0 Å². The van der Waals surface area contributed by atoms with E-state index >= 15 is 0 Å². The van der Waals surface area contributed by atoms with E-state index in [1.807, 2.05) is 6.07 Å². The smallest absolute Gasteiger partial charge is 0.225 e. The van der Waals surface area contributed by atoms with Crippen LogP contribution in [0.4, 0.5) is 10.1 Å². The molecule has 0 fully saturated rings. The molecule has 2 rings (SSSR count). The molecule has 22 heavy (non-hydrogen) atoms. The number of carbonyl (C=O) groups is 1. The van der Waals surface area contributed by atoms with Gasteiger partial charge < -0.3 is 10.6 Å². The predicted octanol–water partition coefficient (Wildman–Crippen LogP) is 3.64. The Morgan fingerprint density at radius 2 is 1.91 bits per heavy atom. The lowest BCUT2D eigenvalue weighted by Crippen LogP contribution is -2.23. The van der Waals surface area contributed by atoms with Crippen LogP contribution in [0.5, 0.6) is 0 Å². The van der Waals surface area contributed by atoms with Gasteiger partial charge in [0.15, 0.2) is 0 Å². The second-order valence-electron chi connectivity index (χ2n) is 4.90. The van der Waals surface area contributed by atoms with Crippen LogP contribution in [0.15, 0.2) is 48.5 Å². The van der Waals surface area contributed by atoms with Crippen molar-refractivity contribution < 1.29 is 9.18 Å². The average molecular weight is 321 g/mol. The second-order valence-corrected chi connectivity index (χ2v) is 5.34. The van der Waals surface area contributed by atoms with Gasteiger partial charge in [-0.05, 0) is 42.8 Å². The SMILES string of the molecule is O=C(CCNCCc1ccccc1F)Nc1cccc(Cl)c1. The minimum Gasteiger partial charge on any atom is -0.326 e. The van der Waals surface area contributed by atoms with E-state index in [1.165, 1.54) is 6.07 Å². The summed E-state index contributed by atoms with van der Waals surface area (Å²) in [5.41, 5.74) is 1.36. The zero-order chi connectivity index (χ0) is 15.8. The summed E-state index contributed by atoms with van der Waals surface area (Å²) in [7, 11) is 0. The molecule has 0 saturated carbocycles. The van der Waals surface area contributed by atoms with E-state index in [0.717, 1.165) is 0 Å². The van der Waals surface area contributed by atoms with E-state index in [9.17, 15) is 9.18 Å². The fraction of sp³-hybridized carbons (Fsp3) is 0.235. The summed E-state index contributed by atoms with van der Waals surface area (Å²) >= 11 is 5.85. The molecule has 5 heteroatoms. The number of anilines is 1. The van der Waals surface area contributed by atoms with Crippen LogP contribution in [-0.4, -0.2) is 19.0 Å². The summed E-state index contributed by atoms with van der Waals surface area (Å²) < 4.78 is 13.4. The summed E-state index contributed by atoms with van der Waals surface area (Å²) in [6, 6.07) is 13.7. The van der Waals surface area contributed by atoms with Crippen molar-refractivity contribution in [2.75, 3.05) is 18.4 Å². The Balaban J connectivity index is 1.64. The molecule has 0 spiro atoms. The first-order chi connectivity index (χ1) is 10.6. The molecule has 0 aliphatic carbocycles. The Bertz CT molecular complexity index is 634. The molecule has 0 bridgehead atoms. The highest BCUT2D eigenvalue weighted by Crippen LogP contribution is 2.14. The molecule has 1 amide bonds. The van der Waals surface area contributed by atoms with Crippen LogP contribution in [0, 0.1) is 5.82 Å². The molecule has 0 saturated heterocycles. The minimum absolute atomic E-state index is 0.0827. The van der Waals surface area contributed by atoms with Crippen molar-refractivity contribution in [1.29, 1.82) is 0 Å². The third kappa shape index (κ3) is 5.47. The standard InChI is InChI=1S/C17H18ClFN2O/c18-14-5-3-6-15(12-14)21-17(22)9-11-20-10-8-13-4-1-2-7-16(13)19/h1-7,12,20H,8-11H2,(H,21,22). The van der Waals surface area contributed by atoms with Gasteiger partial charge in [0.2, 0.25) is 5.91 Å². The van der Waals surface area contributed by atoms with Crippen LogP contribution in [0.2, 0.25) is 5.02 Å². The Hall–Kier alpha value is -1.91. The molecule has 2 aromatic carbocycles. The Labute approximate surface area is 134 Å². The number of halogens is 2. The van der Waals surface area contributed by atoms with Crippen molar-refractivity contribution in [3.8, 4) is 0 Å². The third-order valence-electron chi connectivity index (χ3n) is 3.17. The van der Waals surface area contributed by atoms with Crippen molar-refractivity contribution in [1.82, 2.24) is 5.32 Å². The largest absolute Gasteiger partial charge is 0.326 e. The zero-order valence-electron chi connectivity index (χ0n) is 12.1. The van der Waals surface area contributed by atoms with Crippen LogP contribution in [0.1, 0.15) is 12.0 Å².